The highest BCUT2D eigenvalue weighted by atomic mass is 16.5. The monoisotopic (exact) mass is 549 g/mol. The Morgan fingerprint density at radius 2 is 1.49 bits per heavy atom. The van der Waals surface area contributed by atoms with Gasteiger partial charge in [0.2, 0.25) is 0 Å². The number of rotatable bonds is 9. The van der Waals surface area contributed by atoms with Crippen molar-refractivity contribution in [3.8, 4) is 0 Å². The number of H-pyrrole nitrogens is 1. The molecule has 41 heavy (non-hydrogen) atoms. The van der Waals surface area contributed by atoms with Crippen LogP contribution in [0.25, 0.3) is 10.9 Å². The Bertz CT molecular complexity index is 1600. The van der Waals surface area contributed by atoms with E-state index in [1.54, 1.807) is 11.8 Å². The Labute approximate surface area is 239 Å². The molecule has 5 aromatic rings. The molecule has 1 aliphatic rings. The van der Waals surface area contributed by atoms with E-state index in [1.165, 1.54) is 11.1 Å². The van der Waals surface area contributed by atoms with Crippen molar-refractivity contribution in [3.05, 3.63) is 123 Å². The maximum Gasteiger partial charge on any atom is 0.253 e. The first-order chi connectivity index (χ1) is 20.1. The van der Waals surface area contributed by atoms with E-state index < -0.39 is 6.04 Å². The lowest BCUT2D eigenvalue weighted by atomic mass is 9.96. The standard InChI is InChI=1S/C32H35N7O2/c1-23-10-9-15-26-22-27(32(40)33-28(23)26)30(31-34-35-36-39(31)20-21-41-2)38-18-16-37(17-19-38)29(24-11-5-3-6-12-24)25-13-7-4-8-14-25/h3-15,22,29-30H,16-21H2,1-2H3,(H,33,40). The van der Waals surface area contributed by atoms with Gasteiger partial charge in [-0.3, -0.25) is 14.6 Å². The third-order valence-electron chi connectivity index (χ3n) is 8.03. The molecule has 1 atom stereocenters. The van der Waals surface area contributed by atoms with Gasteiger partial charge in [0.25, 0.3) is 5.56 Å². The molecule has 6 rings (SSSR count). The van der Waals surface area contributed by atoms with Crippen LogP contribution >= 0.6 is 0 Å². The molecule has 3 heterocycles. The van der Waals surface area contributed by atoms with Gasteiger partial charge in [-0.15, -0.1) is 5.10 Å². The van der Waals surface area contributed by atoms with E-state index in [2.05, 4.69) is 91.0 Å². The van der Waals surface area contributed by atoms with E-state index >= 15 is 0 Å². The summed E-state index contributed by atoms with van der Waals surface area (Å²) in [6, 6.07) is 29.2. The molecular weight excluding hydrogens is 514 g/mol. The molecule has 0 amide bonds. The van der Waals surface area contributed by atoms with Gasteiger partial charge in [0.05, 0.1) is 24.7 Å². The quantitative estimate of drug-likeness (QED) is 0.298. The van der Waals surface area contributed by atoms with Gasteiger partial charge in [0.15, 0.2) is 5.82 Å². The molecule has 1 unspecified atom stereocenters. The van der Waals surface area contributed by atoms with E-state index in [9.17, 15) is 4.79 Å². The van der Waals surface area contributed by atoms with E-state index in [-0.39, 0.29) is 11.6 Å². The number of hydrogen-bond acceptors (Lipinski definition) is 7. The fourth-order valence-corrected chi connectivity index (χ4v) is 5.99. The molecule has 2 aromatic heterocycles. The maximum atomic E-state index is 13.6. The highest BCUT2D eigenvalue weighted by Crippen LogP contribution is 2.33. The SMILES string of the molecule is COCCn1nnnc1C(c1cc2cccc(C)c2[nH]c1=O)N1CCN(C(c2ccccc2)c2ccccc2)CC1. The number of nitrogens with one attached hydrogen (secondary N) is 1. The Kier molecular flexibility index (Phi) is 8.00. The smallest absolute Gasteiger partial charge is 0.253 e. The number of aromatic nitrogens is 5. The van der Waals surface area contributed by atoms with Crippen LogP contribution in [0.4, 0.5) is 0 Å². The van der Waals surface area contributed by atoms with Crippen LogP contribution in [0.2, 0.25) is 0 Å². The first-order valence-electron chi connectivity index (χ1n) is 14.1. The number of aryl methyl sites for hydroxylation is 1. The Balaban J connectivity index is 1.35. The van der Waals surface area contributed by atoms with Crippen LogP contribution in [0.15, 0.2) is 89.7 Å². The van der Waals surface area contributed by atoms with E-state index in [0.29, 0.717) is 24.5 Å². The number of pyridine rings is 1. The van der Waals surface area contributed by atoms with Gasteiger partial charge in [-0.2, -0.15) is 0 Å². The molecule has 0 spiro atoms. The van der Waals surface area contributed by atoms with Gasteiger partial charge in [0.1, 0.15) is 6.04 Å². The minimum Gasteiger partial charge on any atom is -0.383 e. The zero-order chi connectivity index (χ0) is 28.2. The zero-order valence-electron chi connectivity index (χ0n) is 23.5. The van der Waals surface area contributed by atoms with Crippen LogP contribution in [-0.4, -0.2) is 74.9 Å². The highest BCUT2D eigenvalue weighted by molar-refractivity contribution is 5.82. The molecule has 210 valence electrons. The molecule has 1 aliphatic heterocycles. The third-order valence-corrected chi connectivity index (χ3v) is 8.03. The third kappa shape index (κ3) is 5.56. The summed E-state index contributed by atoms with van der Waals surface area (Å²) in [4.78, 5) is 21.6. The number of ether oxygens (including phenoxy) is 1. The fraction of sp³-hybridized carbons (Fsp3) is 0.312. The molecule has 0 saturated carbocycles. The van der Waals surface area contributed by atoms with E-state index in [0.717, 1.165) is 42.6 Å². The summed E-state index contributed by atoms with van der Waals surface area (Å²) in [6.07, 6.45) is 0. The number of hydrogen-bond donors (Lipinski definition) is 1. The fourth-order valence-electron chi connectivity index (χ4n) is 5.99. The van der Waals surface area contributed by atoms with Gasteiger partial charge < -0.3 is 9.72 Å². The highest BCUT2D eigenvalue weighted by Gasteiger charge is 2.34. The molecule has 0 aliphatic carbocycles. The second-order valence-corrected chi connectivity index (χ2v) is 10.5. The summed E-state index contributed by atoms with van der Waals surface area (Å²) in [5, 5.41) is 13.7. The average molecular weight is 550 g/mol. The van der Waals surface area contributed by atoms with Gasteiger partial charge in [-0.25, -0.2) is 4.68 Å². The van der Waals surface area contributed by atoms with Crippen LogP contribution in [0, 0.1) is 6.92 Å². The largest absolute Gasteiger partial charge is 0.383 e. The van der Waals surface area contributed by atoms with Crippen LogP contribution < -0.4 is 5.56 Å². The Morgan fingerprint density at radius 3 is 2.12 bits per heavy atom. The van der Waals surface area contributed by atoms with Crippen molar-refractivity contribution in [3.63, 3.8) is 0 Å². The van der Waals surface area contributed by atoms with Gasteiger partial charge in [-0.05, 0) is 45.5 Å². The molecule has 9 nitrogen and oxygen atoms in total. The number of aromatic amines is 1. The minimum absolute atomic E-state index is 0.119. The molecule has 1 saturated heterocycles. The number of fused-ring (bicyclic) bond motifs is 1. The summed E-state index contributed by atoms with van der Waals surface area (Å²) in [5.74, 6) is 0.649. The predicted molar refractivity (Wildman–Crippen MR) is 159 cm³/mol. The molecule has 9 heteroatoms. The second kappa shape index (κ2) is 12.1. The Hall–Kier alpha value is -4.18. The van der Waals surface area contributed by atoms with Gasteiger partial charge in [0, 0.05) is 38.9 Å². The molecule has 3 aromatic carbocycles. The summed E-state index contributed by atoms with van der Waals surface area (Å²) in [5.41, 5.74) is 4.97. The summed E-state index contributed by atoms with van der Waals surface area (Å²) in [7, 11) is 1.66. The molecule has 0 radical (unpaired) electrons. The Morgan fingerprint density at radius 1 is 0.854 bits per heavy atom. The van der Waals surface area contributed by atoms with Crippen molar-refractivity contribution >= 4 is 10.9 Å². The van der Waals surface area contributed by atoms with Crippen molar-refractivity contribution in [2.24, 2.45) is 0 Å². The maximum absolute atomic E-state index is 13.6. The average Bonchev–Trinajstić information content (AvgIpc) is 3.47. The van der Waals surface area contributed by atoms with Gasteiger partial charge in [-0.1, -0.05) is 78.9 Å². The predicted octanol–water partition coefficient (Wildman–Crippen LogP) is 3.97. The lowest BCUT2D eigenvalue weighted by molar-refractivity contribution is 0.0848. The topological polar surface area (TPSA) is 92.2 Å². The lowest BCUT2D eigenvalue weighted by Crippen LogP contribution is -2.50. The summed E-state index contributed by atoms with van der Waals surface area (Å²) in [6.45, 7) is 6.15. The van der Waals surface area contributed by atoms with Crippen LogP contribution in [0.1, 0.15) is 40.2 Å². The minimum atomic E-state index is -0.399. The van der Waals surface area contributed by atoms with Crippen molar-refractivity contribution in [2.45, 2.75) is 25.6 Å². The van der Waals surface area contributed by atoms with Crippen molar-refractivity contribution in [1.82, 2.24) is 35.0 Å². The normalized spacial score (nSPS) is 15.5. The molecule has 1 fully saturated rings. The number of methoxy groups -OCH3 is 1. The summed E-state index contributed by atoms with van der Waals surface area (Å²) >= 11 is 0. The molecular formula is C32H35N7O2. The van der Waals surface area contributed by atoms with E-state index in [4.69, 9.17) is 4.74 Å². The number of para-hydroxylation sites is 1. The van der Waals surface area contributed by atoms with Crippen LogP contribution in [0.5, 0.6) is 0 Å². The summed E-state index contributed by atoms with van der Waals surface area (Å²) < 4.78 is 7.08. The number of tetrazole rings is 1. The number of piperazine rings is 1. The number of benzene rings is 3. The van der Waals surface area contributed by atoms with Crippen molar-refractivity contribution in [1.29, 1.82) is 0 Å². The van der Waals surface area contributed by atoms with Crippen LogP contribution in [0.3, 0.4) is 0 Å². The van der Waals surface area contributed by atoms with Crippen LogP contribution in [-0.2, 0) is 11.3 Å². The number of nitrogens with zero attached hydrogens (tertiary/aromatic N) is 6. The first kappa shape index (κ1) is 27.0. The molecule has 0 bridgehead atoms. The zero-order valence-corrected chi connectivity index (χ0v) is 23.5. The van der Waals surface area contributed by atoms with Crippen molar-refractivity contribution in [2.75, 3.05) is 39.9 Å². The molecule has 1 N–H and O–H groups in total. The van der Waals surface area contributed by atoms with Crippen molar-refractivity contribution < 1.29 is 4.74 Å². The first-order valence-corrected chi connectivity index (χ1v) is 14.1. The second-order valence-electron chi connectivity index (χ2n) is 10.5. The lowest BCUT2D eigenvalue weighted by Gasteiger charge is -2.42. The van der Waals surface area contributed by atoms with Gasteiger partial charge >= 0.3 is 0 Å². The van der Waals surface area contributed by atoms with E-state index in [1.807, 2.05) is 31.2 Å².